The topological polar surface area (TPSA) is 64.5 Å². The van der Waals surface area contributed by atoms with E-state index in [4.69, 9.17) is 0 Å². The molecule has 1 aliphatic rings. The van der Waals surface area contributed by atoms with Gasteiger partial charge in [0, 0.05) is 37.6 Å². The molecule has 1 unspecified atom stereocenters. The van der Waals surface area contributed by atoms with Gasteiger partial charge in [0.2, 0.25) is 0 Å². The summed E-state index contributed by atoms with van der Waals surface area (Å²) in [5, 5.41) is 14.3. The molecule has 1 saturated heterocycles. The van der Waals surface area contributed by atoms with Crippen molar-refractivity contribution in [3.8, 4) is 10.4 Å². The van der Waals surface area contributed by atoms with Crippen LogP contribution in [-0.2, 0) is 6.54 Å². The fraction of sp³-hybridized carbons (Fsp3) is 0.333. The molecule has 1 aliphatic heterocycles. The van der Waals surface area contributed by atoms with E-state index in [2.05, 4.69) is 62.3 Å². The number of aromatic nitrogens is 2. The van der Waals surface area contributed by atoms with Crippen LogP contribution in [0.5, 0.6) is 0 Å². The number of rotatable bonds is 8. The van der Waals surface area contributed by atoms with Crippen LogP contribution < -0.4 is 5.32 Å². The molecule has 0 amide bonds. The molecule has 6 nitrogen and oxygen atoms in total. The summed E-state index contributed by atoms with van der Waals surface area (Å²) < 4.78 is 0. The smallest absolute Gasteiger partial charge is 0.138 e. The van der Waals surface area contributed by atoms with Crippen molar-refractivity contribution in [1.29, 1.82) is 0 Å². The summed E-state index contributed by atoms with van der Waals surface area (Å²) in [6, 6.07) is 20.8. The van der Waals surface area contributed by atoms with Crippen LogP contribution in [0.1, 0.15) is 24.1 Å². The highest BCUT2D eigenvalue weighted by Crippen LogP contribution is 2.36. The lowest BCUT2D eigenvalue weighted by Crippen LogP contribution is -2.45. The second-order valence-corrected chi connectivity index (χ2v) is 9.78. The van der Waals surface area contributed by atoms with Crippen molar-refractivity contribution < 1.29 is 5.11 Å². The van der Waals surface area contributed by atoms with E-state index in [-0.39, 0.29) is 12.6 Å². The van der Waals surface area contributed by atoms with Crippen molar-refractivity contribution in [2.75, 3.05) is 44.6 Å². The van der Waals surface area contributed by atoms with Gasteiger partial charge in [0.1, 0.15) is 17.0 Å². The number of thiophene rings is 1. The molecule has 2 aromatic heterocycles. The molecule has 7 heteroatoms. The standard InChI is InChI=1S/C27H31N5OS/c1-2-31-12-14-32(15-13-31)17-20-8-10-22(11-9-20)25-16-23-26(28-19-29-27(23)34-25)30-24(18-33)21-6-4-3-5-7-21/h3-11,16,19,24,33H,2,12-15,17-18H2,1H3,(H,28,29,30). The van der Waals surface area contributed by atoms with Gasteiger partial charge in [-0.2, -0.15) is 0 Å². The van der Waals surface area contributed by atoms with Crippen LogP contribution in [0.2, 0.25) is 0 Å². The Kier molecular flexibility index (Phi) is 7.16. The molecular weight excluding hydrogens is 442 g/mol. The Hall–Kier alpha value is -2.84. The fourth-order valence-corrected chi connectivity index (χ4v) is 5.50. The van der Waals surface area contributed by atoms with Gasteiger partial charge in [-0.3, -0.25) is 4.90 Å². The second kappa shape index (κ2) is 10.6. The molecule has 5 rings (SSSR count). The highest BCUT2D eigenvalue weighted by molar-refractivity contribution is 7.21. The number of hydrogen-bond acceptors (Lipinski definition) is 7. The van der Waals surface area contributed by atoms with Crippen molar-refractivity contribution >= 4 is 27.4 Å². The number of benzene rings is 2. The minimum atomic E-state index is -0.221. The molecule has 4 aromatic rings. The van der Waals surface area contributed by atoms with Gasteiger partial charge in [0.25, 0.3) is 0 Å². The molecular formula is C27H31N5OS. The summed E-state index contributed by atoms with van der Waals surface area (Å²) in [6.07, 6.45) is 1.59. The van der Waals surface area contributed by atoms with Crippen LogP contribution in [-0.4, -0.2) is 64.2 Å². The number of aliphatic hydroxyl groups is 1. The zero-order valence-electron chi connectivity index (χ0n) is 19.5. The zero-order valence-corrected chi connectivity index (χ0v) is 20.3. The van der Waals surface area contributed by atoms with Crippen LogP contribution in [0.3, 0.4) is 0 Å². The third-order valence-corrected chi connectivity index (χ3v) is 7.67. The number of anilines is 1. The van der Waals surface area contributed by atoms with Crippen LogP contribution in [0.25, 0.3) is 20.7 Å². The first kappa shape index (κ1) is 22.9. The average molecular weight is 474 g/mol. The summed E-state index contributed by atoms with van der Waals surface area (Å²) in [5.41, 5.74) is 3.57. The lowest BCUT2D eigenvalue weighted by atomic mass is 10.1. The molecule has 3 heterocycles. The summed E-state index contributed by atoms with van der Waals surface area (Å²) in [7, 11) is 0. The number of hydrogen-bond donors (Lipinski definition) is 2. The van der Waals surface area contributed by atoms with Crippen LogP contribution in [0.15, 0.2) is 67.0 Å². The Morgan fingerprint density at radius 2 is 1.71 bits per heavy atom. The summed E-state index contributed by atoms with van der Waals surface area (Å²) in [4.78, 5) is 16.1. The quantitative estimate of drug-likeness (QED) is 0.389. The number of piperazine rings is 1. The van der Waals surface area contributed by atoms with Crippen molar-refractivity contribution in [2.45, 2.75) is 19.5 Å². The van der Waals surface area contributed by atoms with Gasteiger partial charge in [-0.25, -0.2) is 9.97 Å². The number of nitrogens with one attached hydrogen (secondary N) is 1. The molecule has 0 spiro atoms. The van der Waals surface area contributed by atoms with E-state index in [1.807, 2.05) is 30.3 Å². The molecule has 1 fully saturated rings. The molecule has 34 heavy (non-hydrogen) atoms. The monoisotopic (exact) mass is 473 g/mol. The molecule has 2 aromatic carbocycles. The minimum Gasteiger partial charge on any atom is -0.394 e. The highest BCUT2D eigenvalue weighted by atomic mass is 32.1. The maximum absolute atomic E-state index is 9.96. The van der Waals surface area contributed by atoms with Gasteiger partial charge in [-0.05, 0) is 29.3 Å². The van der Waals surface area contributed by atoms with Crippen LogP contribution in [0.4, 0.5) is 5.82 Å². The van der Waals surface area contributed by atoms with Gasteiger partial charge < -0.3 is 15.3 Å². The Labute approximate surface area is 204 Å². The molecule has 0 bridgehead atoms. The highest BCUT2D eigenvalue weighted by Gasteiger charge is 2.17. The summed E-state index contributed by atoms with van der Waals surface area (Å²) in [6.45, 7) is 8.97. The Bertz CT molecular complexity index is 1200. The molecule has 0 saturated carbocycles. The molecule has 1 atom stereocenters. The number of fused-ring (bicyclic) bond motifs is 1. The molecule has 2 N–H and O–H groups in total. The van der Waals surface area contributed by atoms with Crippen molar-refractivity contribution in [3.05, 3.63) is 78.1 Å². The maximum atomic E-state index is 9.96. The van der Waals surface area contributed by atoms with Crippen LogP contribution in [0, 0.1) is 0 Å². The van der Waals surface area contributed by atoms with Gasteiger partial charge in [-0.1, -0.05) is 61.5 Å². The maximum Gasteiger partial charge on any atom is 0.138 e. The Balaban J connectivity index is 1.32. The molecule has 176 valence electrons. The fourth-order valence-electron chi connectivity index (χ4n) is 4.49. The predicted octanol–water partition coefficient (Wildman–Crippen LogP) is 4.64. The van der Waals surface area contributed by atoms with Gasteiger partial charge in [0.05, 0.1) is 18.0 Å². The van der Waals surface area contributed by atoms with E-state index in [1.165, 1.54) is 16.0 Å². The van der Waals surface area contributed by atoms with E-state index >= 15 is 0 Å². The summed E-state index contributed by atoms with van der Waals surface area (Å²) in [5.74, 6) is 0.748. The molecule has 0 aliphatic carbocycles. The largest absolute Gasteiger partial charge is 0.394 e. The number of nitrogens with zero attached hydrogens (tertiary/aromatic N) is 4. The summed E-state index contributed by atoms with van der Waals surface area (Å²) >= 11 is 1.67. The Morgan fingerprint density at radius 1 is 0.971 bits per heavy atom. The minimum absolute atomic E-state index is 0.0124. The predicted molar refractivity (Wildman–Crippen MR) is 140 cm³/mol. The zero-order chi connectivity index (χ0) is 23.3. The van der Waals surface area contributed by atoms with E-state index in [1.54, 1.807) is 17.7 Å². The van der Waals surface area contributed by atoms with Crippen molar-refractivity contribution in [3.63, 3.8) is 0 Å². The van der Waals surface area contributed by atoms with Crippen molar-refractivity contribution in [2.24, 2.45) is 0 Å². The SMILES string of the molecule is CCN1CCN(Cc2ccc(-c3cc4c(NC(CO)c5ccccc5)ncnc4s3)cc2)CC1. The Morgan fingerprint density at radius 3 is 2.41 bits per heavy atom. The van der Waals surface area contributed by atoms with Gasteiger partial charge >= 0.3 is 0 Å². The van der Waals surface area contributed by atoms with E-state index in [0.29, 0.717) is 0 Å². The van der Waals surface area contributed by atoms with Crippen molar-refractivity contribution in [1.82, 2.24) is 19.8 Å². The van der Waals surface area contributed by atoms with E-state index in [9.17, 15) is 5.11 Å². The number of aliphatic hydroxyl groups excluding tert-OH is 1. The third-order valence-electron chi connectivity index (χ3n) is 6.58. The number of likely N-dealkylation sites (N-methyl/N-ethyl adjacent to an activating group) is 1. The van der Waals surface area contributed by atoms with E-state index < -0.39 is 0 Å². The van der Waals surface area contributed by atoms with Crippen LogP contribution >= 0.6 is 11.3 Å². The first-order chi connectivity index (χ1) is 16.7. The van der Waals surface area contributed by atoms with Gasteiger partial charge in [0.15, 0.2) is 0 Å². The lowest BCUT2D eigenvalue weighted by molar-refractivity contribution is 0.132. The first-order valence-corrected chi connectivity index (χ1v) is 12.8. The normalized spacial score (nSPS) is 16.1. The average Bonchev–Trinajstić information content (AvgIpc) is 3.34. The second-order valence-electron chi connectivity index (χ2n) is 8.75. The molecule has 0 radical (unpaired) electrons. The lowest BCUT2D eigenvalue weighted by Gasteiger charge is -2.34. The van der Waals surface area contributed by atoms with Gasteiger partial charge in [-0.15, -0.1) is 11.3 Å². The van der Waals surface area contributed by atoms with E-state index in [0.717, 1.165) is 60.9 Å². The third kappa shape index (κ3) is 5.13. The first-order valence-electron chi connectivity index (χ1n) is 11.9.